The highest BCUT2D eigenvalue weighted by atomic mass is 32.1. The van der Waals surface area contributed by atoms with Crippen LogP contribution in [0.15, 0.2) is 78.9 Å². The lowest BCUT2D eigenvalue weighted by molar-refractivity contribution is -0.275. The predicted octanol–water partition coefficient (Wildman–Crippen LogP) is 9.18. The Balaban J connectivity index is 1.21. The van der Waals surface area contributed by atoms with Gasteiger partial charge in [0.25, 0.3) is 0 Å². The van der Waals surface area contributed by atoms with Crippen LogP contribution in [0.3, 0.4) is 0 Å². The molecule has 0 aliphatic carbocycles. The molecule has 1 N–H and O–H groups in total. The van der Waals surface area contributed by atoms with Crippen LogP contribution < -0.4 is 14.8 Å². The van der Waals surface area contributed by atoms with Crippen molar-refractivity contribution in [2.75, 3.05) is 11.9 Å². The van der Waals surface area contributed by atoms with Crippen molar-refractivity contribution >= 4 is 27.4 Å². The number of hydrogen-bond donors (Lipinski definition) is 1. The van der Waals surface area contributed by atoms with Gasteiger partial charge in [0.05, 0.1) is 5.39 Å². The lowest BCUT2D eigenvalue weighted by Crippen LogP contribution is -2.16. The average molecular weight is 604 g/mol. The predicted molar refractivity (Wildman–Crippen MR) is 150 cm³/mol. The van der Waals surface area contributed by atoms with Gasteiger partial charge in [-0.15, -0.1) is 37.7 Å². The second kappa shape index (κ2) is 11.9. The first-order chi connectivity index (χ1) is 19.9. The van der Waals surface area contributed by atoms with Gasteiger partial charge in [-0.2, -0.15) is 0 Å². The number of ether oxygens (including phenoxy) is 2. The molecule has 5 nitrogen and oxygen atoms in total. The zero-order valence-electron chi connectivity index (χ0n) is 22.0. The van der Waals surface area contributed by atoms with Crippen LogP contribution in [0.2, 0.25) is 0 Å². The van der Waals surface area contributed by atoms with Gasteiger partial charge in [0.15, 0.2) is 5.82 Å². The summed E-state index contributed by atoms with van der Waals surface area (Å²) in [5.41, 5.74) is 3.30. The Morgan fingerprint density at radius 2 is 1.24 bits per heavy atom. The van der Waals surface area contributed by atoms with Crippen molar-refractivity contribution in [1.29, 1.82) is 0 Å². The minimum atomic E-state index is -4.77. The molecular weight excluding hydrogens is 580 g/mol. The molecule has 0 saturated heterocycles. The Morgan fingerprint density at radius 1 is 0.714 bits per heavy atom. The van der Waals surface area contributed by atoms with E-state index in [-0.39, 0.29) is 11.5 Å². The number of hydrogen-bond acceptors (Lipinski definition) is 6. The number of fused-ring (bicyclic) bond motifs is 1. The van der Waals surface area contributed by atoms with Gasteiger partial charge in [-0.25, -0.2) is 9.97 Å². The summed E-state index contributed by atoms with van der Waals surface area (Å²) in [4.78, 5) is 11.1. The van der Waals surface area contributed by atoms with E-state index in [1.54, 1.807) is 12.1 Å². The lowest BCUT2D eigenvalue weighted by atomic mass is 10.0. The summed E-state index contributed by atoms with van der Waals surface area (Å²) in [6, 6.07) is 20.9. The lowest BCUT2D eigenvalue weighted by Gasteiger charge is -2.11. The van der Waals surface area contributed by atoms with E-state index in [1.807, 2.05) is 37.3 Å². The second-order valence-electron chi connectivity index (χ2n) is 9.34. The van der Waals surface area contributed by atoms with Crippen molar-refractivity contribution in [2.24, 2.45) is 0 Å². The Hall–Kier alpha value is -4.32. The van der Waals surface area contributed by atoms with Crippen LogP contribution in [0.5, 0.6) is 11.5 Å². The summed E-state index contributed by atoms with van der Waals surface area (Å²) in [7, 11) is 0. The summed E-state index contributed by atoms with van der Waals surface area (Å²) < 4.78 is 82.5. The summed E-state index contributed by atoms with van der Waals surface area (Å²) in [5.74, 6) is 0.441. The van der Waals surface area contributed by atoms with Gasteiger partial charge < -0.3 is 14.8 Å². The number of aryl methyl sites for hydroxylation is 2. The van der Waals surface area contributed by atoms with Crippen molar-refractivity contribution in [3.63, 3.8) is 0 Å². The maximum absolute atomic E-state index is 12.5. The Morgan fingerprint density at radius 3 is 1.79 bits per heavy atom. The standard InChI is InChI=1S/C30H23F6N3O2S/c1-18-17-25-27(38-26(39-28(25)42-18)22-10-14-24(15-11-22)41-30(34,35)36)37-16-2-3-19-4-6-20(7-5-19)21-8-12-23(13-9-21)40-29(31,32)33/h4-15,17H,2-3,16H2,1H3,(H,37,38,39). The van der Waals surface area contributed by atoms with Crippen LogP contribution >= 0.6 is 11.3 Å². The number of aromatic nitrogens is 2. The second-order valence-corrected chi connectivity index (χ2v) is 10.6. The quantitative estimate of drug-likeness (QED) is 0.135. The molecule has 0 radical (unpaired) electrons. The van der Waals surface area contributed by atoms with Gasteiger partial charge in [-0.3, -0.25) is 0 Å². The molecule has 3 aromatic carbocycles. The van der Waals surface area contributed by atoms with Crippen LogP contribution in [0, 0.1) is 6.92 Å². The van der Waals surface area contributed by atoms with Crippen molar-refractivity contribution in [3.05, 3.63) is 89.3 Å². The number of halogens is 6. The van der Waals surface area contributed by atoms with E-state index in [9.17, 15) is 26.3 Å². The van der Waals surface area contributed by atoms with E-state index < -0.39 is 12.7 Å². The zero-order chi connectivity index (χ0) is 29.9. The fourth-order valence-electron chi connectivity index (χ4n) is 4.32. The highest BCUT2D eigenvalue weighted by Crippen LogP contribution is 2.32. The number of alkyl halides is 6. The summed E-state index contributed by atoms with van der Waals surface area (Å²) in [5, 5.41) is 4.24. The van der Waals surface area contributed by atoms with E-state index in [2.05, 4.69) is 24.8 Å². The van der Waals surface area contributed by atoms with E-state index in [0.29, 0.717) is 23.8 Å². The van der Waals surface area contributed by atoms with Gasteiger partial charge in [0.1, 0.15) is 22.1 Å². The molecule has 0 fully saturated rings. The first-order valence-electron chi connectivity index (χ1n) is 12.8. The molecule has 0 aliphatic heterocycles. The third-order valence-electron chi connectivity index (χ3n) is 6.17. The number of nitrogens with one attached hydrogen (secondary N) is 1. The molecule has 42 heavy (non-hydrogen) atoms. The van der Waals surface area contributed by atoms with E-state index >= 15 is 0 Å². The van der Waals surface area contributed by atoms with Crippen LogP contribution in [0.1, 0.15) is 16.9 Å². The molecule has 0 aliphatic rings. The van der Waals surface area contributed by atoms with E-state index in [4.69, 9.17) is 0 Å². The molecular formula is C30H23F6N3O2S. The normalized spacial score (nSPS) is 12.0. The zero-order valence-corrected chi connectivity index (χ0v) is 22.8. The van der Waals surface area contributed by atoms with Crippen molar-refractivity contribution in [2.45, 2.75) is 32.5 Å². The fourth-order valence-corrected chi connectivity index (χ4v) is 5.20. The van der Waals surface area contributed by atoms with Crippen molar-refractivity contribution < 1.29 is 35.8 Å². The molecule has 5 rings (SSSR count). The highest BCUT2D eigenvalue weighted by Gasteiger charge is 2.31. The highest BCUT2D eigenvalue weighted by molar-refractivity contribution is 7.18. The molecule has 12 heteroatoms. The molecule has 0 spiro atoms. The molecule has 218 valence electrons. The summed E-state index contributed by atoms with van der Waals surface area (Å²) >= 11 is 1.50. The minimum Gasteiger partial charge on any atom is -0.406 e. The number of thiophene rings is 1. The summed E-state index contributed by atoms with van der Waals surface area (Å²) in [6.45, 7) is 2.58. The third kappa shape index (κ3) is 7.69. The topological polar surface area (TPSA) is 56.3 Å². The SMILES string of the molecule is Cc1cc2c(NCCCc3ccc(-c4ccc(OC(F)(F)F)cc4)cc3)nc(-c3ccc(OC(F)(F)F)cc3)nc2s1. The maximum atomic E-state index is 12.5. The monoisotopic (exact) mass is 603 g/mol. The number of nitrogens with zero attached hydrogens (tertiary/aromatic N) is 2. The summed E-state index contributed by atoms with van der Waals surface area (Å²) in [6.07, 6.45) is -7.94. The Bertz CT molecular complexity index is 1650. The molecule has 0 unspecified atom stereocenters. The minimum absolute atomic E-state index is 0.269. The van der Waals surface area contributed by atoms with Crippen LogP contribution in [-0.2, 0) is 6.42 Å². The maximum Gasteiger partial charge on any atom is 0.573 e. The number of benzene rings is 3. The fraction of sp³-hybridized carbons (Fsp3) is 0.200. The first kappa shape index (κ1) is 29.2. The average Bonchev–Trinajstić information content (AvgIpc) is 3.31. The molecule has 0 bridgehead atoms. The molecule has 0 atom stereocenters. The van der Waals surface area contributed by atoms with Crippen LogP contribution in [0.25, 0.3) is 32.7 Å². The Kier molecular flexibility index (Phi) is 8.26. The first-order valence-corrected chi connectivity index (χ1v) is 13.6. The van der Waals surface area contributed by atoms with Crippen molar-refractivity contribution in [1.82, 2.24) is 9.97 Å². The van der Waals surface area contributed by atoms with E-state index in [1.165, 1.54) is 47.7 Å². The van der Waals surface area contributed by atoms with Crippen LogP contribution in [-0.4, -0.2) is 29.2 Å². The molecule has 5 aromatic rings. The van der Waals surface area contributed by atoms with Crippen molar-refractivity contribution in [3.8, 4) is 34.0 Å². The van der Waals surface area contributed by atoms with Gasteiger partial charge in [0, 0.05) is 17.0 Å². The largest absolute Gasteiger partial charge is 0.573 e. The molecule has 2 heterocycles. The number of anilines is 1. The van der Waals surface area contributed by atoms with Gasteiger partial charge in [-0.1, -0.05) is 36.4 Å². The Labute approximate surface area is 240 Å². The van der Waals surface area contributed by atoms with E-state index in [0.717, 1.165) is 44.6 Å². The van der Waals surface area contributed by atoms with Crippen LogP contribution in [0.4, 0.5) is 32.2 Å². The smallest absolute Gasteiger partial charge is 0.406 e. The molecule has 0 saturated carbocycles. The third-order valence-corrected chi connectivity index (χ3v) is 7.12. The number of rotatable bonds is 9. The van der Waals surface area contributed by atoms with Gasteiger partial charge >= 0.3 is 12.7 Å². The molecule has 2 aromatic heterocycles. The van der Waals surface area contributed by atoms with Gasteiger partial charge in [0.2, 0.25) is 0 Å². The molecule has 0 amide bonds. The van der Waals surface area contributed by atoms with Gasteiger partial charge in [-0.05, 0) is 78.9 Å².